The third-order valence-corrected chi connectivity index (χ3v) is 2.72. The first-order valence-electron chi connectivity index (χ1n) is 7.59. The summed E-state index contributed by atoms with van der Waals surface area (Å²) in [5.41, 5.74) is 0.850. The van der Waals surface area contributed by atoms with Gasteiger partial charge in [-0.25, -0.2) is 4.39 Å². The predicted molar refractivity (Wildman–Crippen MR) is 82.6 cm³/mol. The third-order valence-electron chi connectivity index (χ3n) is 2.72. The third kappa shape index (κ3) is 7.87. The molecular formula is C16H26FNO3. The van der Waals surface area contributed by atoms with E-state index in [1.807, 2.05) is 6.92 Å². The maximum atomic E-state index is 13.5. The van der Waals surface area contributed by atoms with Crippen LogP contribution in [-0.4, -0.2) is 39.6 Å². The first kappa shape index (κ1) is 17.7. The highest BCUT2D eigenvalue weighted by molar-refractivity contribution is 5.48. The summed E-state index contributed by atoms with van der Waals surface area (Å²) in [4.78, 5) is 0. The van der Waals surface area contributed by atoms with E-state index in [0.717, 1.165) is 31.7 Å². The lowest BCUT2D eigenvalue weighted by Crippen LogP contribution is -2.10. The second kappa shape index (κ2) is 11.3. The molecule has 0 saturated heterocycles. The molecule has 120 valence electrons. The molecule has 0 atom stereocenters. The minimum Gasteiger partial charge on any atom is -0.488 e. The Hall–Kier alpha value is -1.33. The number of ether oxygens (including phenoxy) is 3. The topological polar surface area (TPSA) is 39.7 Å². The van der Waals surface area contributed by atoms with Crippen LogP contribution in [0, 0.1) is 5.82 Å². The van der Waals surface area contributed by atoms with Crippen molar-refractivity contribution in [2.45, 2.75) is 26.7 Å². The van der Waals surface area contributed by atoms with E-state index < -0.39 is 0 Å². The van der Waals surface area contributed by atoms with Crippen LogP contribution in [0.3, 0.4) is 0 Å². The quantitative estimate of drug-likeness (QED) is 0.600. The van der Waals surface area contributed by atoms with Crippen molar-refractivity contribution in [3.8, 4) is 5.75 Å². The van der Waals surface area contributed by atoms with Crippen molar-refractivity contribution in [3.63, 3.8) is 0 Å². The molecule has 0 heterocycles. The number of benzene rings is 1. The van der Waals surface area contributed by atoms with Crippen LogP contribution in [0.25, 0.3) is 0 Å². The molecule has 0 saturated carbocycles. The van der Waals surface area contributed by atoms with E-state index in [4.69, 9.17) is 14.2 Å². The van der Waals surface area contributed by atoms with Crippen LogP contribution in [0.2, 0.25) is 0 Å². The van der Waals surface area contributed by atoms with E-state index in [-0.39, 0.29) is 11.6 Å². The smallest absolute Gasteiger partial charge is 0.165 e. The largest absolute Gasteiger partial charge is 0.488 e. The second-order valence-corrected chi connectivity index (χ2v) is 4.60. The molecule has 1 rings (SSSR count). The molecule has 1 aromatic rings. The van der Waals surface area contributed by atoms with Gasteiger partial charge in [-0.3, -0.25) is 0 Å². The minimum atomic E-state index is -0.357. The molecule has 0 unspecified atom stereocenters. The van der Waals surface area contributed by atoms with Crippen molar-refractivity contribution < 1.29 is 18.6 Å². The van der Waals surface area contributed by atoms with Crippen LogP contribution in [0.15, 0.2) is 18.2 Å². The van der Waals surface area contributed by atoms with Gasteiger partial charge in [0.05, 0.1) is 6.61 Å². The fourth-order valence-corrected chi connectivity index (χ4v) is 1.75. The highest BCUT2D eigenvalue weighted by Gasteiger charge is 2.04. The summed E-state index contributed by atoms with van der Waals surface area (Å²) < 4.78 is 29.7. The number of hydrogen-bond acceptors (Lipinski definition) is 4. The maximum absolute atomic E-state index is 13.5. The molecule has 0 aliphatic carbocycles. The maximum Gasteiger partial charge on any atom is 0.165 e. The average molecular weight is 299 g/mol. The van der Waals surface area contributed by atoms with E-state index in [1.54, 1.807) is 12.1 Å². The summed E-state index contributed by atoms with van der Waals surface area (Å²) in [6.45, 7) is 7.78. The molecule has 0 fully saturated rings. The molecule has 0 spiro atoms. The first-order valence-corrected chi connectivity index (χ1v) is 7.59. The molecule has 1 N–H and O–H groups in total. The lowest BCUT2D eigenvalue weighted by atomic mass is 10.3. The fourth-order valence-electron chi connectivity index (χ4n) is 1.75. The normalized spacial score (nSPS) is 10.6. The molecule has 0 radical (unpaired) electrons. The Morgan fingerprint density at radius 3 is 2.48 bits per heavy atom. The van der Waals surface area contributed by atoms with Gasteiger partial charge in [0.15, 0.2) is 11.6 Å². The van der Waals surface area contributed by atoms with E-state index in [2.05, 4.69) is 12.2 Å². The van der Waals surface area contributed by atoms with Gasteiger partial charge in [-0.15, -0.1) is 0 Å². The molecule has 0 aliphatic rings. The van der Waals surface area contributed by atoms with Gasteiger partial charge in [0.25, 0.3) is 0 Å². The molecule has 1 aromatic carbocycles. The van der Waals surface area contributed by atoms with Crippen LogP contribution >= 0.6 is 0 Å². The number of nitrogens with one attached hydrogen (secondary N) is 1. The summed E-state index contributed by atoms with van der Waals surface area (Å²) in [6, 6.07) is 4.76. The summed E-state index contributed by atoms with van der Waals surface area (Å²) in [7, 11) is 0. The van der Waals surface area contributed by atoms with Gasteiger partial charge in [-0.2, -0.15) is 0 Å². The lowest BCUT2D eigenvalue weighted by Gasteiger charge is -2.10. The molecular weight excluding hydrogens is 273 g/mol. The number of rotatable bonds is 12. The van der Waals surface area contributed by atoms with Gasteiger partial charge in [0.2, 0.25) is 0 Å². The molecule has 0 aliphatic heterocycles. The Bertz CT molecular complexity index is 388. The van der Waals surface area contributed by atoms with Crippen molar-refractivity contribution in [3.05, 3.63) is 24.0 Å². The van der Waals surface area contributed by atoms with Crippen molar-refractivity contribution in [2.75, 3.05) is 44.9 Å². The second-order valence-electron chi connectivity index (χ2n) is 4.60. The Morgan fingerprint density at radius 1 is 1.00 bits per heavy atom. The summed E-state index contributed by atoms with van der Waals surface area (Å²) in [5, 5.41) is 3.12. The molecule has 0 aromatic heterocycles. The monoisotopic (exact) mass is 299 g/mol. The van der Waals surface area contributed by atoms with Crippen molar-refractivity contribution >= 4 is 5.69 Å². The zero-order valence-electron chi connectivity index (χ0n) is 13.0. The molecule has 4 nitrogen and oxygen atoms in total. The highest BCUT2D eigenvalue weighted by Crippen LogP contribution is 2.21. The summed E-state index contributed by atoms with van der Waals surface area (Å²) >= 11 is 0. The average Bonchev–Trinajstić information content (AvgIpc) is 2.49. The van der Waals surface area contributed by atoms with Gasteiger partial charge in [-0.05, 0) is 31.9 Å². The Kier molecular flexibility index (Phi) is 9.57. The van der Waals surface area contributed by atoms with Crippen molar-refractivity contribution in [1.82, 2.24) is 0 Å². The van der Waals surface area contributed by atoms with Crippen molar-refractivity contribution in [1.29, 1.82) is 0 Å². The van der Waals surface area contributed by atoms with Crippen LogP contribution in [0.4, 0.5) is 10.1 Å². The summed E-state index contributed by atoms with van der Waals surface area (Å²) in [6.07, 6.45) is 1.90. The van der Waals surface area contributed by atoms with Gasteiger partial charge in [0, 0.05) is 38.1 Å². The Balaban J connectivity index is 2.13. The van der Waals surface area contributed by atoms with E-state index in [1.165, 1.54) is 6.07 Å². The standard InChI is InChI=1S/C16H26FNO3/c1-3-8-19-9-5-10-20-11-12-21-16-13-14(18-4-2)6-7-15(16)17/h6-7,13,18H,3-5,8-12H2,1-2H3. The minimum absolute atomic E-state index is 0.253. The van der Waals surface area contributed by atoms with Crippen LogP contribution in [-0.2, 0) is 9.47 Å². The van der Waals surface area contributed by atoms with E-state index in [9.17, 15) is 4.39 Å². The predicted octanol–water partition coefficient (Wildman–Crippen LogP) is 3.47. The number of halogens is 1. The fraction of sp³-hybridized carbons (Fsp3) is 0.625. The number of anilines is 1. The van der Waals surface area contributed by atoms with E-state index >= 15 is 0 Å². The highest BCUT2D eigenvalue weighted by atomic mass is 19.1. The molecule has 5 heteroatoms. The van der Waals surface area contributed by atoms with E-state index in [0.29, 0.717) is 26.4 Å². The Morgan fingerprint density at radius 2 is 1.76 bits per heavy atom. The molecule has 0 bridgehead atoms. The molecule has 0 amide bonds. The van der Waals surface area contributed by atoms with Crippen LogP contribution in [0.5, 0.6) is 5.75 Å². The molecule has 21 heavy (non-hydrogen) atoms. The lowest BCUT2D eigenvalue weighted by molar-refractivity contribution is 0.0677. The van der Waals surface area contributed by atoms with Crippen molar-refractivity contribution in [2.24, 2.45) is 0 Å². The Labute approximate surface area is 126 Å². The zero-order chi connectivity index (χ0) is 15.3. The van der Waals surface area contributed by atoms with Gasteiger partial charge in [-0.1, -0.05) is 6.92 Å². The number of hydrogen-bond donors (Lipinski definition) is 1. The SMILES string of the molecule is CCCOCCCOCCOc1cc(NCC)ccc1F. The van der Waals surface area contributed by atoms with Crippen LogP contribution in [0.1, 0.15) is 26.7 Å². The summed E-state index contributed by atoms with van der Waals surface area (Å²) in [5.74, 6) is -0.104. The van der Waals surface area contributed by atoms with Gasteiger partial charge in [0.1, 0.15) is 6.61 Å². The van der Waals surface area contributed by atoms with Gasteiger partial charge < -0.3 is 19.5 Å². The van der Waals surface area contributed by atoms with Gasteiger partial charge >= 0.3 is 0 Å². The first-order chi connectivity index (χ1) is 10.3. The van der Waals surface area contributed by atoms with Crippen LogP contribution < -0.4 is 10.1 Å². The zero-order valence-corrected chi connectivity index (χ0v) is 13.0.